The van der Waals surface area contributed by atoms with E-state index >= 15 is 0 Å². The predicted molar refractivity (Wildman–Crippen MR) is 76.3 cm³/mol. The van der Waals surface area contributed by atoms with Gasteiger partial charge >= 0.3 is 5.97 Å². The summed E-state index contributed by atoms with van der Waals surface area (Å²) in [5, 5.41) is 8.90. The number of rotatable bonds is 5. The average molecular weight is 292 g/mol. The van der Waals surface area contributed by atoms with Crippen molar-refractivity contribution in [2.24, 2.45) is 5.92 Å². The molecule has 1 aromatic rings. The minimum absolute atomic E-state index is 0.112. The van der Waals surface area contributed by atoms with Crippen LogP contribution < -0.4 is 0 Å². The van der Waals surface area contributed by atoms with Crippen molar-refractivity contribution < 1.29 is 19.4 Å². The first-order valence-corrected chi connectivity index (χ1v) is 7.10. The van der Waals surface area contributed by atoms with Crippen LogP contribution in [-0.4, -0.2) is 53.7 Å². The van der Waals surface area contributed by atoms with Crippen LogP contribution in [0.4, 0.5) is 0 Å². The molecule has 0 aliphatic carbocycles. The fourth-order valence-corrected chi connectivity index (χ4v) is 2.41. The molecule has 0 atom stereocenters. The summed E-state index contributed by atoms with van der Waals surface area (Å²) in [5.41, 5.74) is 0.246. The SMILES string of the molecule is CN(CCC1CCOCC1)C(=O)c1ccnc(C(=O)O)c1. The Labute approximate surface area is 123 Å². The molecule has 0 bridgehead atoms. The Morgan fingerprint density at radius 2 is 2.14 bits per heavy atom. The number of aromatic carboxylic acids is 1. The molecular formula is C15H20N2O4. The molecule has 6 heteroatoms. The standard InChI is InChI=1S/C15H20N2O4/c1-17(7-3-11-4-8-21-9-5-11)14(18)12-2-6-16-13(10-12)15(19)20/h2,6,10-11H,3-5,7-9H2,1H3,(H,19,20). The van der Waals surface area contributed by atoms with Gasteiger partial charge in [-0.25, -0.2) is 9.78 Å². The second kappa shape index (κ2) is 7.17. The van der Waals surface area contributed by atoms with Crippen molar-refractivity contribution in [2.45, 2.75) is 19.3 Å². The maximum absolute atomic E-state index is 12.3. The van der Waals surface area contributed by atoms with Crippen LogP contribution in [0.2, 0.25) is 0 Å². The third-order valence-corrected chi connectivity index (χ3v) is 3.79. The lowest BCUT2D eigenvalue weighted by molar-refractivity contribution is 0.0583. The van der Waals surface area contributed by atoms with E-state index in [1.807, 2.05) is 0 Å². The smallest absolute Gasteiger partial charge is 0.354 e. The van der Waals surface area contributed by atoms with Crippen molar-refractivity contribution in [1.82, 2.24) is 9.88 Å². The van der Waals surface area contributed by atoms with Gasteiger partial charge in [0.05, 0.1) is 0 Å². The molecule has 0 saturated carbocycles. The lowest BCUT2D eigenvalue weighted by Gasteiger charge is -2.25. The van der Waals surface area contributed by atoms with Gasteiger partial charge in [0.2, 0.25) is 0 Å². The van der Waals surface area contributed by atoms with Gasteiger partial charge in [-0.15, -0.1) is 0 Å². The number of hydrogen-bond donors (Lipinski definition) is 1. The molecule has 0 spiro atoms. The fraction of sp³-hybridized carbons (Fsp3) is 0.533. The molecule has 21 heavy (non-hydrogen) atoms. The van der Waals surface area contributed by atoms with Gasteiger partial charge in [-0.3, -0.25) is 4.79 Å². The van der Waals surface area contributed by atoms with Crippen LogP contribution in [0.3, 0.4) is 0 Å². The Hall–Kier alpha value is -1.95. The van der Waals surface area contributed by atoms with Gasteiger partial charge in [0.15, 0.2) is 0 Å². The Bertz CT molecular complexity index is 512. The van der Waals surface area contributed by atoms with Gasteiger partial charge in [-0.2, -0.15) is 0 Å². The van der Waals surface area contributed by atoms with Gasteiger partial charge in [0.25, 0.3) is 5.91 Å². The first-order chi connectivity index (χ1) is 10.1. The molecule has 2 heterocycles. The first kappa shape index (κ1) is 15.4. The van der Waals surface area contributed by atoms with E-state index in [9.17, 15) is 9.59 Å². The number of pyridine rings is 1. The highest BCUT2D eigenvalue weighted by atomic mass is 16.5. The zero-order valence-corrected chi connectivity index (χ0v) is 12.1. The summed E-state index contributed by atoms with van der Waals surface area (Å²) in [6.45, 7) is 2.26. The van der Waals surface area contributed by atoms with Crippen molar-refractivity contribution in [3.05, 3.63) is 29.6 Å². The van der Waals surface area contributed by atoms with Crippen LogP contribution in [0, 0.1) is 5.92 Å². The number of amides is 1. The second-order valence-corrected chi connectivity index (χ2v) is 5.31. The minimum Gasteiger partial charge on any atom is -0.477 e. The van der Waals surface area contributed by atoms with E-state index in [0.29, 0.717) is 18.0 Å². The van der Waals surface area contributed by atoms with Crippen LogP contribution in [0.1, 0.15) is 40.1 Å². The summed E-state index contributed by atoms with van der Waals surface area (Å²) in [6, 6.07) is 2.86. The van der Waals surface area contributed by atoms with E-state index in [4.69, 9.17) is 9.84 Å². The predicted octanol–water partition coefficient (Wildman–Crippen LogP) is 1.67. The summed E-state index contributed by atoms with van der Waals surface area (Å²) in [5.74, 6) is -0.706. The average Bonchev–Trinajstić information content (AvgIpc) is 2.53. The molecule has 1 saturated heterocycles. The molecule has 114 valence electrons. The van der Waals surface area contributed by atoms with E-state index in [1.165, 1.54) is 12.3 Å². The first-order valence-electron chi connectivity index (χ1n) is 7.10. The van der Waals surface area contributed by atoms with E-state index in [2.05, 4.69) is 4.98 Å². The summed E-state index contributed by atoms with van der Waals surface area (Å²) in [4.78, 5) is 28.5. The monoisotopic (exact) mass is 292 g/mol. The molecule has 6 nitrogen and oxygen atoms in total. The lowest BCUT2D eigenvalue weighted by atomic mass is 9.96. The molecule has 1 aliphatic rings. The van der Waals surface area contributed by atoms with Gasteiger partial charge < -0.3 is 14.7 Å². The maximum Gasteiger partial charge on any atom is 0.354 e. The van der Waals surface area contributed by atoms with Crippen molar-refractivity contribution in [2.75, 3.05) is 26.8 Å². The lowest BCUT2D eigenvalue weighted by Crippen LogP contribution is -2.30. The van der Waals surface area contributed by atoms with Gasteiger partial charge in [-0.1, -0.05) is 0 Å². The summed E-state index contributed by atoms with van der Waals surface area (Å²) in [7, 11) is 1.74. The zero-order valence-electron chi connectivity index (χ0n) is 12.1. The van der Waals surface area contributed by atoms with Crippen LogP contribution >= 0.6 is 0 Å². The number of carboxylic acids is 1. The molecular weight excluding hydrogens is 272 g/mol. The molecule has 1 fully saturated rings. The number of nitrogens with zero attached hydrogens (tertiary/aromatic N) is 2. The van der Waals surface area contributed by atoms with Crippen molar-refractivity contribution in [3.8, 4) is 0 Å². The highest BCUT2D eigenvalue weighted by molar-refractivity contribution is 5.96. The maximum atomic E-state index is 12.3. The van der Waals surface area contributed by atoms with Gasteiger partial charge in [0.1, 0.15) is 5.69 Å². The third kappa shape index (κ3) is 4.26. The van der Waals surface area contributed by atoms with Gasteiger partial charge in [0, 0.05) is 38.6 Å². The molecule has 0 aromatic carbocycles. The number of hydrogen-bond acceptors (Lipinski definition) is 4. The van der Waals surface area contributed by atoms with E-state index in [-0.39, 0.29) is 11.6 Å². The Kier molecular flexibility index (Phi) is 5.27. The van der Waals surface area contributed by atoms with Crippen LogP contribution in [0.25, 0.3) is 0 Å². The van der Waals surface area contributed by atoms with E-state index in [1.54, 1.807) is 18.0 Å². The van der Waals surface area contributed by atoms with Crippen molar-refractivity contribution >= 4 is 11.9 Å². The molecule has 1 aromatic heterocycles. The minimum atomic E-state index is -1.13. The van der Waals surface area contributed by atoms with Crippen molar-refractivity contribution in [3.63, 3.8) is 0 Å². The topological polar surface area (TPSA) is 79.7 Å². The fourth-order valence-electron chi connectivity index (χ4n) is 2.41. The Balaban J connectivity index is 1.92. The van der Waals surface area contributed by atoms with Crippen LogP contribution in [-0.2, 0) is 4.74 Å². The van der Waals surface area contributed by atoms with E-state index < -0.39 is 5.97 Å². The number of ether oxygens (including phenoxy) is 1. The summed E-state index contributed by atoms with van der Waals surface area (Å²) in [6.07, 6.45) is 4.38. The molecule has 1 amide bonds. The highest BCUT2D eigenvalue weighted by Gasteiger charge is 2.18. The van der Waals surface area contributed by atoms with Gasteiger partial charge in [-0.05, 0) is 37.3 Å². The normalized spacial score (nSPS) is 15.7. The number of carbonyl (C=O) groups excluding carboxylic acids is 1. The van der Waals surface area contributed by atoms with Crippen LogP contribution in [0.5, 0.6) is 0 Å². The molecule has 1 N–H and O–H groups in total. The molecule has 0 radical (unpaired) electrons. The zero-order chi connectivity index (χ0) is 15.2. The quantitative estimate of drug-likeness (QED) is 0.893. The molecule has 2 rings (SSSR count). The third-order valence-electron chi connectivity index (χ3n) is 3.79. The summed E-state index contributed by atoms with van der Waals surface area (Å²) >= 11 is 0. The largest absolute Gasteiger partial charge is 0.477 e. The molecule has 1 aliphatic heterocycles. The number of aromatic nitrogens is 1. The Morgan fingerprint density at radius 1 is 1.43 bits per heavy atom. The van der Waals surface area contributed by atoms with Crippen molar-refractivity contribution in [1.29, 1.82) is 0 Å². The van der Waals surface area contributed by atoms with Crippen LogP contribution in [0.15, 0.2) is 18.3 Å². The number of carbonyl (C=O) groups is 2. The second-order valence-electron chi connectivity index (χ2n) is 5.31. The highest BCUT2D eigenvalue weighted by Crippen LogP contribution is 2.19. The Morgan fingerprint density at radius 3 is 2.81 bits per heavy atom. The molecule has 0 unspecified atom stereocenters. The van der Waals surface area contributed by atoms with E-state index in [0.717, 1.165) is 32.5 Å². The number of carboxylic acid groups (broad SMARTS) is 1. The summed E-state index contributed by atoms with van der Waals surface area (Å²) < 4.78 is 5.32.